The highest BCUT2D eigenvalue weighted by molar-refractivity contribution is 6.32. The van der Waals surface area contributed by atoms with E-state index >= 15 is 0 Å². The summed E-state index contributed by atoms with van der Waals surface area (Å²) in [7, 11) is 1.52. The lowest BCUT2D eigenvalue weighted by molar-refractivity contribution is 0.262. The van der Waals surface area contributed by atoms with E-state index in [1.54, 1.807) is 36.4 Å². The summed E-state index contributed by atoms with van der Waals surface area (Å²) in [5.41, 5.74) is 1.71. The fraction of sp³-hybridized carbons (Fsp3) is 0.188. The lowest BCUT2D eigenvalue weighted by Gasteiger charge is -2.13. The molecule has 0 bridgehead atoms. The van der Waals surface area contributed by atoms with Gasteiger partial charge in [-0.25, -0.2) is 4.79 Å². The van der Waals surface area contributed by atoms with Gasteiger partial charge in [-0.1, -0.05) is 29.3 Å². The summed E-state index contributed by atoms with van der Waals surface area (Å²) in [6.07, 6.45) is 0.347. The van der Waals surface area contributed by atoms with E-state index in [1.165, 1.54) is 7.11 Å². The van der Waals surface area contributed by atoms with Crippen molar-refractivity contribution in [2.45, 2.75) is 6.42 Å². The van der Waals surface area contributed by atoms with Crippen LogP contribution in [0.4, 0.5) is 16.2 Å². The molecule has 0 heterocycles. The van der Waals surface area contributed by atoms with E-state index in [2.05, 4.69) is 10.6 Å². The molecule has 2 aromatic carbocycles. The van der Waals surface area contributed by atoms with E-state index in [0.717, 1.165) is 0 Å². The number of urea groups is 1. The number of halogens is 2. The maximum Gasteiger partial charge on any atom is 0.323 e. The molecular weight excluding hydrogens is 339 g/mol. The zero-order valence-corrected chi connectivity index (χ0v) is 13.9. The number of anilines is 2. The molecule has 3 N–H and O–H groups in total. The van der Waals surface area contributed by atoms with Crippen LogP contribution in [0.25, 0.3) is 0 Å². The maximum absolute atomic E-state index is 12.1. The number of rotatable bonds is 5. The van der Waals surface area contributed by atoms with Gasteiger partial charge in [-0.3, -0.25) is 0 Å². The third-order valence-electron chi connectivity index (χ3n) is 3.09. The second-order valence-corrected chi connectivity index (χ2v) is 5.54. The molecule has 0 aromatic heterocycles. The van der Waals surface area contributed by atoms with Crippen LogP contribution in [-0.4, -0.2) is 24.9 Å². The monoisotopic (exact) mass is 354 g/mol. The molecular formula is C16H16Cl2N2O3. The van der Waals surface area contributed by atoms with E-state index in [9.17, 15) is 4.79 Å². The van der Waals surface area contributed by atoms with E-state index in [1.807, 2.05) is 0 Å². The Hall–Kier alpha value is -1.95. The van der Waals surface area contributed by atoms with Crippen LogP contribution in [0.5, 0.6) is 5.75 Å². The number of aliphatic hydroxyl groups excluding tert-OH is 1. The molecule has 2 rings (SSSR count). The number of hydrogen-bond donors (Lipinski definition) is 3. The van der Waals surface area contributed by atoms with Gasteiger partial charge in [-0.05, 0) is 36.2 Å². The van der Waals surface area contributed by atoms with Crippen molar-refractivity contribution >= 4 is 40.6 Å². The summed E-state index contributed by atoms with van der Waals surface area (Å²) < 4.78 is 5.10. The van der Waals surface area contributed by atoms with Crippen LogP contribution in [-0.2, 0) is 6.42 Å². The minimum Gasteiger partial charge on any atom is -0.497 e. The van der Waals surface area contributed by atoms with Crippen molar-refractivity contribution in [3.05, 3.63) is 52.0 Å². The number of carbonyl (C=O) groups excluding carboxylic acids is 1. The number of methoxy groups -OCH3 is 1. The van der Waals surface area contributed by atoms with Gasteiger partial charge in [0, 0.05) is 34.1 Å². The molecule has 23 heavy (non-hydrogen) atoms. The van der Waals surface area contributed by atoms with Crippen LogP contribution in [0.2, 0.25) is 10.0 Å². The smallest absolute Gasteiger partial charge is 0.323 e. The second kappa shape index (κ2) is 8.06. The normalized spacial score (nSPS) is 10.3. The number of nitrogens with one attached hydrogen (secondary N) is 2. The van der Waals surface area contributed by atoms with Gasteiger partial charge in [0.2, 0.25) is 0 Å². The molecule has 5 nitrogen and oxygen atoms in total. The zero-order valence-electron chi connectivity index (χ0n) is 12.4. The molecule has 0 atom stereocenters. The van der Waals surface area contributed by atoms with Gasteiger partial charge < -0.3 is 20.5 Å². The molecule has 0 saturated carbocycles. The first kappa shape index (κ1) is 17.4. The predicted octanol–water partition coefficient (Wildman–Crippen LogP) is 4.18. The Morgan fingerprint density at radius 3 is 2.70 bits per heavy atom. The highest BCUT2D eigenvalue weighted by Gasteiger charge is 2.10. The molecule has 0 aliphatic carbocycles. The summed E-state index contributed by atoms with van der Waals surface area (Å²) >= 11 is 12.1. The van der Waals surface area contributed by atoms with Crippen molar-refractivity contribution in [3.8, 4) is 5.75 Å². The Morgan fingerprint density at radius 2 is 2.00 bits per heavy atom. The molecule has 0 radical (unpaired) electrons. The average Bonchev–Trinajstić information content (AvgIpc) is 2.50. The summed E-state index contributed by atoms with van der Waals surface area (Å²) in [5, 5.41) is 15.4. The molecule has 7 heteroatoms. The number of carbonyl (C=O) groups is 1. The highest BCUT2D eigenvalue weighted by Crippen LogP contribution is 2.26. The van der Waals surface area contributed by atoms with Crippen LogP contribution in [0.1, 0.15) is 5.56 Å². The van der Waals surface area contributed by atoms with Gasteiger partial charge in [-0.2, -0.15) is 0 Å². The van der Waals surface area contributed by atoms with Crippen molar-refractivity contribution in [3.63, 3.8) is 0 Å². The number of benzene rings is 2. The van der Waals surface area contributed by atoms with Crippen molar-refractivity contribution in [1.82, 2.24) is 0 Å². The van der Waals surface area contributed by atoms with E-state index in [-0.39, 0.29) is 6.61 Å². The number of aliphatic hydroxyl groups is 1. The molecule has 0 fully saturated rings. The van der Waals surface area contributed by atoms with Gasteiger partial charge in [0.15, 0.2) is 0 Å². The van der Waals surface area contributed by atoms with Crippen LogP contribution < -0.4 is 15.4 Å². The third-order valence-corrected chi connectivity index (χ3v) is 3.67. The number of hydrogen-bond acceptors (Lipinski definition) is 3. The van der Waals surface area contributed by atoms with Crippen LogP contribution in [0.3, 0.4) is 0 Å². The van der Waals surface area contributed by atoms with Gasteiger partial charge in [0.25, 0.3) is 0 Å². The van der Waals surface area contributed by atoms with Crippen molar-refractivity contribution in [1.29, 1.82) is 0 Å². The van der Waals surface area contributed by atoms with Crippen molar-refractivity contribution in [2.75, 3.05) is 24.4 Å². The Labute approximate surface area is 144 Å². The molecule has 122 valence electrons. The molecule has 0 unspecified atom stereocenters. The topological polar surface area (TPSA) is 70.6 Å². The molecule has 0 aliphatic heterocycles. The zero-order chi connectivity index (χ0) is 16.8. The van der Waals surface area contributed by atoms with Crippen LogP contribution >= 0.6 is 23.2 Å². The first-order chi connectivity index (χ1) is 11.0. The van der Waals surface area contributed by atoms with Gasteiger partial charge in [-0.15, -0.1) is 0 Å². The minimum absolute atomic E-state index is 0.0640. The SMILES string of the molecule is COc1cc(Cl)cc(NC(=O)Nc2cccc(Cl)c2CCO)c1. The Kier molecular flexibility index (Phi) is 6.10. The fourth-order valence-electron chi connectivity index (χ4n) is 2.08. The molecule has 0 saturated heterocycles. The number of amides is 2. The average molecular weight is 355 g/mol. The number of ether oxygens (including phenoxy) is 1. The second-order valence-electron chi connectivity index (χ2n) is 4.70. The van der Waals surface area contributed by atoms with E-state index < -0.39 is 6.03 Å². The van der Waals surface area contributed by atoms with E-state index in [0.29, 0.717) is 39.2 Å². The summed E-state index contributed by atoms with van der Waals surface area (Å²) in [5.74, 6) is 0.538. The van der Waals surface area contributed by atoms with Gasteiger partial charge in [0.05, 0.1) is 7.11 Å². The minimum atomic E-state index is -0.448. The Balaban J connectivity index is 2.14. The molecule has 0 spiro atoms. The van der Waals surface area contributed by atoms with E-state index in [4.69, 9.17) is 33.0 Å². The van der Waals surface area contributed by atoms with Crippen molar-refractivity contribution in [2.24, 2.45) is 0 Å². The van der Waals surface area contributed by atoms with Crippen molar-refractivity contribution < 1.29 is 14.6 Å². The quantitative estimate of drug-likeness (QED) is 0.754. The molecule has 2 amide bonds. The summed E-state index contributed by atoms with van der Waals surface area (Å²) in [6, 6.07) is 9.60. The first-order valence-corrected chi connectivity index (χ1v) is 7.60. The fourth-order valence-corrected chi connectivity index (χ4v) is 2.57. The Morgan fingerprint density at radius 1 is 1.22 bits per heavy atom. The van der Waals surface area contributed by atoms with Gasteiger partial charge >= 0.3 is 6.03 Å². The lowest BCUT2D eigenvalue weighted by Crippen LogP contribution is -2.20. The standard InChI is InChI=1S/C16H16Cl2N2O3/c1-23-12-8-10(17)7-11(9-12)19-16(22)20-15-4-2-3-14(18)13(15)5-6-21/h2-4,7-9,21H,5-6H2,1H3,(H2,19,20,22). The summed E-state index contributed by atoms with van der Waals surface area (Å²) in [6.45, 7) is -0.0640. The maximum atomic E-state index is 12.1. The summed E-state index contributed by atoms with van der Waals surface area (Å²) in [4.78, 5) is 12.1. The van der Waals surface area contributed by atoms with Crippen LogP contribution in [0, 0.1) is 0 Å². The molecule has 2 aromatic rings. The van der Waals surface area contributed by atoms with Crippen LogP contribution in [0.15, 0.2) is 36.4 Å². The predicted molar refractivity (Wildman–Crippen MR) is 92.9 cm³/mol. The lowest BCUT2D eigenvalue weighted by atomic mass is 10.1. The highest BCUT2D eigenvalue weighted by atomic mass is 35.5. The third kappa shape index (κ3) is 4.76. The van der Waals surface area contributed by atoms with Gasteiger partial charge in [0.1, 0.15) is 5.75 Å². The Bertz CT molecular complexity index is 708. The molecule has 0 aliphatic rings. The largest absolute Gasteiger partial charge is 0.497 e. The first-order valence-electron chi connectivity index (χ1n) is 6.84.